The first-order valence-corrected chi connectivity index (χ1v) is 7.31. The molecule has 0 radical (unpaired) electrons. The minimum absolute atomic E-state index is 0.156. The standard InChI is InChI=1S/C16H20N2O2/c1-11-6-5-7-12(2)18(11)16(19)10-14-13-8-3-4-9-15(13)20-17-14/h3-4,8-9,11-12H,5-7,10H2,1-2H3. The largest absolute Gasteiger partial charge is 0.356 e. The lowest BCUT2D eigenvalue weighted by molar-refractivity contribution is -0.136. The molecule has 3 rings (SSSR count). The van der Waals surface area contributed by atoms with Crippen molar-refractivity contribution in [2.75, 3.05) is 0 Å². The van der Waals surface area contributed by atoms with E-state index in [1.165, 1.54) is 6.42 Å². The van der Waals surface area contributed by atoms with Gasteiger partial charge in [-0.3, -0.25) is 4.79 Å². The minimum atomic E-state index is 0.156. The predicted octanol–water partition coefficient (Wildman–Crippen LogP) is 3.16. The van der Waals surface area contributed by atoms with Gasteiger partial charge in [0, 0.05) is 17.5 Å². The molecular formula is C16H20N2O2. The van der Waals surface area contributed by atoms with Gasteiger partial charge in [0.15, 0.2) is 5.58 Å². The Labute approximate surface area is 118 Å². The molecule has 2 aromatic rings. The average Bonchev–Trinajstić information content (AvgIpc) is 2.82. The number of carbonyl (C=O) groups excluding carboxylic acids is 1. The number of para-hydroxylation sites is 1. The molecule has 2 unspecified atom stereocenters. The molecule has 1 aliphatic rings. The number of amides is 1. The van der Waals surface area contributed by atoms with Crippen LogP contribution in [0.3, 0.4) is 0 Å². The molecule has 106 valence electrons. The van der Waals surface area contributed by atoms with Crippen molar-refractivity contribution in [3.63, 3.8) is 0 Å². The molecule has 0 saturated carbocycles. The molecule has 20 heavy (non-hydrogen) atoms. The highest BCUT2D eigenvalue weighted by molar-refractivity contribution is 5.86. The van der Waals surface area contributed by atoms with Crippen LogP contribution < -0.4 is 0 Å². The van der Waals surface area contributed by atoms with Crippen LogP contribution in [0.5, 0.6) is 0 Å². The number of piperidine rings is 1. The highest BCUT2D eigenvalue weighted by atomic mass is 16.5. The van der Waals surface area contributed by atoms with Crippen molar-refractivity contribution in [2.45, 2.75) is 51.6 Å². The Kier molecular flexibility index (Phi) is 3.47. The van der Waals surface area contributed by atoms with E-state index in [2.05, 4.69) is 19.0 Å². The number of hydrogen-bond donors (Lipinski definition) is 0. The van der Waals surface area contributed by atoms with E-state index in [1.54, 1.807) is 0 Å². The second-order valence-electron chi connectivity index (χ2n) is 5.73. The van der Waals surface area contributed by atoms with E-state index in [1.807, 2.05) is 29.2 Å². The van der Waals surface area contributed by atoms with Gasteiger partial charge in [0.25, 0.3) is 0 Å². The van der Waals surface area contributed by atoms with Gasteiger partial charge in [-0.25, -0.2) is 0 Å². The summed E-state index contributed by atoms with van der Waals surface area (Å²) in [5.41, 5.74) is 1.49. The quantitative estimate of drug-likeness (QED) is 0.843. The predicted molar refractivity (Wildman–Crippen MR) is 77.3 cm³/mol. The molecule has 0 bridgehead atoms. The van der Waals surface area contributed by atoms with Crippen LogP contribution in [0, 0.1) is 0 Å². The van der Waals surface area contributed by atoms with Gasteiger partial charge in [-0.2, -0.15) is 0 Å². The average molecular weight is 272 g/mol. The monoisotopic (exact) mass is 272 g/mol. The number of carbonyl (C=O) groups is 1. The van der Waals surface area contributed by atoms with Crippen molar-refractivity contribution in [3.05, 3.63) is 30.0 Å². The summed E-state index contributed by atoms with van der Waals surface area (Å²) in [6.07, 6.45) is 3.72. The lowest BCUT2D eigenvalue weighted by atomic mass is 9.96. The summed E-state index contributed by atoms with van der Waals surface area (Å²) in [6.45, 7) is 4.27. The van der Waals surface area contributed by atoms with E-state index >= 15 is 0 Å². The molecule has 1 saturated heterocycles. The number of likely N-dealkylation sites (tertiary alicyclic amines) is 1. The maximum atomic E-state index is 12.6. The van der Waals surface area contributed by atoms with Crippen LogP contribution in [0.25, 0.3) is 11.0 Å². The third-order valence-electron chi connectivity index (χ3n) is 4.25. The molecule has 1 aromatic heterocycles. The van der Waals surface area contributed by atoms with Gasteiger partial charge in [0.2, 0.25) is 5.91 Å². The van der Waals surface area contributed by atoms with Crippen molar-refractivity contribution in [1.82, 2.24) is 10.1 Å². The molecule has 0 spiro atoms. The van der Waals surface area contributed by atoms with Crippen LogP contribution in [0.15, 0.2) is 28.8 Å². The van der Waals surface area contributed by atoms with Crippen LogP contribution in [0.2, 0.25) is 0 Å². The first-order valence-electron chi connectivity index (χ1n) is 7.31. The molecule has 4 heteroatoms. The summed E-state index contributed by atoms with van der Waals surface area (Å²) < 4.78 is 5.27. The molecule has 1 amide bonds. The fraction of sp³-hybridized carbons (Fsp3) is 0.500. The maximum Gasteiger partial charge on any atom is 0.229 e. The first kappa shape index (κ1) is 13.2. The van der Waals surface area contributed by atoms with Crippen LogP contribution >= 0.6 is 0 Å². The Hall–Kier alpha value is -1.84. The Bertz CT molecular complexity index is 610. The van der Waals surface area contributed by atoms with E-state index < -0.39 is 0 Å². The molecule has 0 aliphatic carbocycles. The Morgan fingerprint density at radius 3 is 2.75 bits per heavy atom. The first-order chi connectivity index (χ1) is 9.66. The van der Waals surface area contributed by atoms with E-state index in [9.17, 15) is 4.79 Å². The van der Waals surface area contributed by atoms with Crippen molar-refractivity contribution in [2.24, 2.45) is 0 Å². The Morgan fingerprint density at radius 2 is 2.00 bits per heavy atom. The van der Waals surface area contributed by atoms with Gasteiger partial charge in [0.05, 0.1) is 6.42 Å². The molecule has 2 atom stereocenters. The highest BCUT2D eigenvalue weighted by Crippen LogP contribution is 2.25. The Balaban J connectivity index is 1.81. The Morgan fingerprint density at radius 1 is 1.30 bits per heavy atom. The van der Waals surface area contributed by atoms with Gasteiger partial charge in [0.1, 0.15) is 5.69 Å². The van der Waals surface area contributed by atoms with Crippen LogP contribution in [0.4, 0.5) is 0 Å². The smallest absolute Gasteiger partial charge is 0.229 e. The topological polar surface area (TPSA) is 46.3 Å². The lowest BCUT2D eigenvalue weighted by Crippen LogP contribution is -2.48. The molecule has 1 aliphatic heterocycles. The van der Waals surface area contributed by atoms with Crippen LogP contribution in [0.1, 0.15) is 38.8 Å². The maximum absolute atomic E-state index is 12.6. The van der Waals surface area contributed by atoms with E-state index in [-0.39, 0.29) is 5.91 Å². The minimum Gasteiger partial charge on any atom is -0.356 e. The molecular weight excluding hydrogens is 252 g/mol. The van der Waals surface area contributed by atoms with Crippen molar-refractivity contribution < 1.29 is 9.32 Å². The van der Waals surface area contributed by atoms with Crippen molar-refractivity contribution in [1.29, 1.82) is 0 Å². The van der Waals surface area contributed by atoms with Gasteiger partial charge < -0.3 is 9.42 Å². The van der Waals surface area contributed by atoms with Gasteiger partial charge in [-0.15, -0.1) is 0 Å². The van der Waals surface area contributed by atoms with Gasteiger partial charge in [-0.05, 0) is 45.2 Å². The summed E-state index contributed by atoms with van der Waals surface area (Å²) in [4.78, 5) is 14.6. The molecule has 1 aromatic carbocycles. The van der Waals surface area contributed by atoms with Crippen molar-refractivity contribution >= 4 is 16.9 Å². The highest BCUT2D eigenvalue weighted by Gasteiger charge is 2.29. The van der Waals surface area contributed by atoms with Crippen LogP contribution in [-0.2, 0) is 11.2 Å². The van der Waals surface area contributed by atoms with E-state index in [0.29, 0.717) is 18.5 Å². The summed E-state index contributed by atoms with van der Waals surface area (Å²) in [7, 11) is 0. The van der Waals surface area contributed by atoms with E-state index in [0.717, 1.165) is 29.5 Å². The summed E-state index contributed by atoms with van der Waals surface area (Å²) in [5, 5.41) is 5.00. The zero-order valence-electron chi connectivity index (χ0n) is 12.0. The van der Waals surface area contributed by atoms with Gasteiger partial charge >= 0.3 is 0 Å². The fourth-order valence-electron chi connectivity index (χ4n) is 3.21. The number of aromatic nitrogens is 1. The summed E-state index contributed by atoms with van der Waals surface area (Å²) in [6, 6.07) is 8.34. The van der Waals surface area contributed by atoms with E-state index in [4.69, 9.17) is 4.52 Å². The SMILES string of the molecule is CC1CCCC(C)N1C(=O)Cc1noc2ccccc12. The molecule has 4 nitrogen and oxygen atoms in total. The zero-order chi connectivity index (χ0) is 14.1. The third-order valence-corrected chi connectivity index (χ3v) is 4.25. The number of hydrogen-bond acceptors (Lipinski definition) is 3. The second kappa shape index (κ2) is 5.27. The zero-order valence-corrected chi connectivity index (χ0v) is 12.0. The second-order valence-corrected chi connectivity index (χ2v) is 5.73. The van der Waals surface area contributed by atoms with Crippen LogP contribution in [-0.4, -0.2) is 28.0 Å². The number of benzene rings is 1. The number of rotatable bonds is 2. The molecule has 1 fully saturated rings. The van der Waals surface area contributed by atoms with Crippen molar-refractivity contribution in [3.8, 4) is 0 Å². The molecule has 2 heterocycles. The fourth-order valence-corrected chi connectivity index (χ4v) is 3.21. The van der Waals surface area contributed by atoms with Gasteiger partial charge in [-0.1, -0.05) is 17.3 Å². The summed E-state index contributed by atoms with van der Waals surface area (Å²) >= 11 is 0. The lowest BCUT2D eigenvalue weighted by Gasteiger charge is -2.39. The summed E-state index contributed by atoms with van der Waals surface area (Å²) in [5.74, 6) is 0.156. The third kappa shape index (κ3) is 2.30. The number of fused-ring (bicyclic) bond motifs is 1. The molecule has 0 N–H and O–H groups in total. The normalized spacial score (nSPS) is 23.2. The number of nitrogens with zero attached hydrogens (tertiary/aromatic N) is 2.